The van der Waals surface area contributed by atoms with Gasteiger partial charge in [-0.25, -0.2) is 0 Å². The summed E-state index contributed by atoms with van der Waals surface area (Å²) < 4.78 is 1.59. The van der Waals surface area contributed by atoms with Crippen LogP contribution in [0.1, 0.15) is 62.5 Å². The molecular formula is C19H26Se. The summed E-state index contributed by atoms with van der Waals surface area (Å²) in [6.07, 6.45) is 13.0. The topological polar surface area (TPSA) is 0 Å². The summed E-state index contributed by atoms with van der Waals surface area (Å²) in [6.45, 7) is 2.32. The van der Waals surface area contributed by atoms with Crippen LogP contribution in [-0.2, 0) is 0 Å². The molecule has 1 aliphatic heterocycles. The maximum absolute atomic E-state index is 2.39. The van der Waals surface area contributed by atoms with Crippen molar-refractivity contribution in [3.63, 3.8) is 0 Å². The van der Waals surface area contributed by atoms with Gasteiger partial charge in [-0.15, -0.1) is 0 Å². The van der Waals surface area contributed by atoms with Gasteiger partial charge in [-0.3, -0.25) is 0 Å². The molecule has 1 heterocycles. The Morgan fingerprint density at radius 1 is 1.05 bits per heavy atom. The van der Waals surface area contributed by atoms with E-state index >= 15 is 0 Å². The van der Waals surface area contributed by atoms with Crippen molar-refractivity contribution in [1.29, 1.82) is 0 Å². The monoisotopic (exact) mass is 334 g/mol. The van der Waals surface area contributed by atoms with E-state index in [9.17, 15) is 0 Å². The van der Waals surface area contributed by atoms with E-state index in [4.69, 9.17) is 0 Å². The van der Waals surface area contributed by atoms with E-state index in [0.29, 0.717) is 0 Å². The molecule has 1 aromatic rings. The van der Waals surface area contributed by atoms with Crippen molar-refractivity contribution in [2.75, 3.05) is 0 Å². The summed E-state index contributed by atoms with van der Waals surface area (Å²) >= 11 is 0.0119. The molecule has 0 aromatic heterocycles. The van der Waals surface area contributed by atoms with E-state index in [0.717, 1.165) is 11.8 Å². The van der Waals surface area contributed by atoms with Crippen LogP contribution in [0.3, 0.4) is 0 Å². The molecule has 0 radical (unpaired) electrons. The van der Waals surface area contributed by atoms with Crippen molar-refractivity contribution >= 4 is 19.4 Å². The first kappa shape index (κ1) is 14.2. The molecule has 0 bridgehead atoms. The molecule has 3 rings (SSSR count). The summed E-state index contributed by atoms with van der Waals surface area (Å²) in [5.74, 6) is 1.83. The maximum atomic E-state index is 2.39. The van der Waals surface area contributed by atoms with E-state index in [1.807, 2.05) is 0 Å². The van der Waals surface area contributed by atoms with E-state index in [1.165, 1.54) is 44.1 Å². The number of rotatable bonds is 4. The Bertz CT molecular complexity index is 487. The minimum atomic E-state index is 0.0119. The van der Waals surface area contributed by atoms with Crippen LogP contribution in [0.5, 0.6) is 0 Å². The van der Waals surface area contributed by atoms with E-state index in [2.05, 4.69) is 48.3 Å². The predicted octanol–water partition coefficient (Wildman–Crippen LogP) is 4.80. The predicted molar refractivity (Wildman–Crippen MR) is 91.7 cm³/mol. The van der Waals surface area contributed by atoms with Gasteiger partial charge in [0.05, 0.1) is 0 Å². The Balaban J connectivity index is 1.61. The molecule has 1 fully saturated rings. The Kier molecular flexibility index (Phi) is 4.81. The molecule has 0 N–H and O–H groups in total. The van der Waals surface area contributed by atoms with Gasteiger partial charge >= 0.3 is 129 Å². The van der Waals surface area contributed by atoms with Gasteiger partial charge < -0.3 is 0 Å². The van der Waals surface area contributed by atoms with Crippen LogP contribution in [0.15, 0.2) is 41.4 Å². The molecule has 1 saturated carbocycles. The summed E-state index contributed by atoms with van der Waals surface area (Å²) in [5, 5.41) is 0. The van der Waals surface area contributed by atoms with Crippen molar-refractivity contribution in [3.8, 4) is 0 Å². The molecule has 0 amide bonds. The zero-order valence-electron chi connectivity index (χ0n) is 12.4. The van der Waals surface area contributed by atoms with E-state index in [-0.39, 0.29) is 15.0 Å². The van der Waals surface area contributed by atoms with Gasteiger partial charge in [0.25, 0.3) is 0 Å². The fourth-order valence-corrected chi connectivity index (χ4v) is 5.52. The Morgan fingerprint density at radius 3 is 2.40 bits per heavy atom. The molecular weight excluding hydrogens is 307 g/mol. The Morgan fingerprint density at radius 2 is 1.80 bits per heavy atom. The van der Waals surface area contributed by atoms with Crippen molar-refractivity contribution in [2.24, 2.45) is 5.92 Å². The zero-order valence-corrected chi connectivity index (χ0v) is 14.5. The average molecular weight is 333 g/mol. The van der Waals surface area contributed by atoms with E-state index in [1.54, 1.807) is 10.0 Å². The molecule has 1 heteroatoms. The SMILES string of the molecule is CCCC1CCC(c2ccc(C3=CC=C[SeH2]3)cc2)CC1. The number of benzene rings is 1. The van der Waals surface area contributed by atoms with Crippen molar-refractivity contribution in [2.45, 2.75) is 51.4 Å². The number of allylic oxidation sites excluding steroid dienone is 2. The third-order valence-electron chi connectivity index (χ3n) is 4.83. The number of hydrogen-bond donors (Lipinski definition) is 0. The summed E-state index contributed by atoms with van der Waals surface area (Å²) in [6, 6.07) is 9.50. The molecule has 0 nitrogen and oxygen atoms in total. The van der Waals surface area contributed by atoms with Crippen molar-refractivity contribution in [3.05, 3.63) is 52.5 Å². The van der Waals surface area contributed by atoms with Crippen LogP contribution in [0, 0.1) is 5.92 Å². The summed E-state index contributed by atoms with van der Waals surface area (Å²) in [5.41, 5.74) is 3.04. The van der Waals surface area contributed by atoms with Gasteiger partial charge in [-0.1, -0.05) is 0 Å². The van der Waals surface area contributed by atoms with Crippen LogP contribution in [0.4, 0.5) is 0 Å². The summed E-state index contributed by atoms with van der Waals surface area (Å²) in [4.78, 5) is 2.36. The molecule has 0 saturated heterocycles. The first-order valence-corrected chi connectivity index (χ1v) is 10.4. The third-order valence-corrected chi connectivity index (χ3v) is 7.20. The minimum absolute atomic E-state index is 0.0119. The fourth-order valence-electron chi connectivity index (χ4n) is 3.64. The summed E-state index contributed by atoms with van der Waals surface area (Å²) in [7, 11) is 0. The third kappa shape index (κ3) is 3.27. The van der Waals surface area contributed by atoms with Gasteiger partial charge in [0, 0.05) is 0 Å². The van der Waals surface area contributed by atoms with E-state index < -0.39 is 0 Å². The second-order valence-corrected chi connectivity index (χ2v) is 8.65. The van der Waals surface area contributed by atoms with Crippen LogP contribution < -0.4 is 0 Å². The van der Waals surface area contributed by atoms with Gasteiger partial charge in [0.1, 0.15) is 0 Å². The van der Waals surface area contributed by atoms with Crippen LogP contribution in [-0.4, -0.2) is 15.0 Å². The van der Waals surface area contributed by atoms with Crippen LogP contribution in [0.2, 0.25) is 0 Å². The first-order valence-electron chi connectivity index (χ1n) is 8.10. The second kappa shape index (κ2) is 6.78. The van der Waals surface area contributed by atoms with Gasteiger partial charge in [-0.05, 0) is 0 Å². The Labute approximate surface area is 129 Å². The molecule has 0 unspecified atom stereocenters. The first-order chi connectivity index (χ1) is 9.86. The molecule has 1 aliphatic carbocycles. The van der Waals surface area contributed by atoms with Crippen molar-refractivity contribution < 1.29 is 0 Å². The molecule has 108 valence electrons. The van der Waals surface area contributed by atoms with Crippen molar-refractivity contribution in [1.82, 2.24) is 0 Å². The normalized spacial score (nSPS) is 27.8. The van der Waals surface area contributed by atoms with Crippen LogP contribution >= 0.6 is 0 Å². The average Bonchev–Trinajstić information content (AvgIpc) is 3.03. The Hall–Kier alpha value is -0.781. The molecule has 1 aromatic carbocycles. The molecule has 0 atom stereocenters. The standard InChI is InChI=1S/C19H26Se/c1-2-4-15-6-8-16(9-7-15)17-10-12-18(13-11-17)19-5-3-14-20-19/h3,5,10-16H,2,4,6-9,20H2,1H3. The fraction of sp³-hybridized carbons (Fsp3) is 0.474. The molecule has 0 spiro atoms. The zero-order chi connectivity index (χ0) is 13.8. The van der Waals surface area contributed by atoms with Gasteiger partial charge in [0.15, 0.2) is 0 Å². The van der Waals surface area contributed by atoms with Gasteiger partial charge in [-0.2, -0.15) is 0 Å². The van der Waals surface area contributed by atoms with Crippen LogP contribution in [0.25, 0.3) is 4.47 Å². The molecule has 2 aliphatic rings. The molecule has 20 heavy (non-hydrogen) atoms. The quantitative estimate of drug-likeness (QED) is 0.695. The number of hydrogen-bond acceptors (Lipinski definition) is 0. The van der Waals surface area contributed by atoms with Gasteiger partial charge in [0.2, 0.25) is 0 Å². The second-order valence-electron chi connectivity index (χ2n) is 6.21.